The van der Waals surface area contributed by atoms with E-state index < -0.39 is 0 Å². The van der Waals surface area contributed by atoms with Gasteiger partial charge in [0, 0.05) is 18.3 Å². The number of hydrogen-bond acceptors (Lipinski definition) is 1. The van der Waals surface area contributed by atoms with Crippen molar-refractivity contribution in [1.29, 1.82) is 0 Å². The van der Waals surface area contributed by atoms with Gasteiger partial charge in [0.15, 0.2) is 0 Å². The van der Waals surface area contributed by atoms with Gasteiger partial charge in [-0.25, -0.2) is 0 Å². The second kappa shape index (κ2) is 4.77. The number of nitrogens with one attached hydrogen (secondary N) is 1. The lowest BCUT2D eigenvalue weighted by atomic mass is 9.93. The molecule has 0 atom stereocenters. The van der Waals surface area contributed by atoms with Crippen LogP contribution in [0.1, 0.15) is 5.56 Å². The van der Waals surface area contributed by atoms with Gasteiger partial charge in [0.25, 0.3) is 0 Å². The highest BCUT2D eigenvalue weighted by Crippen LogP contribution is 2.36. The van der Waals surface area contributed by atoms with E-state index in [9.17, 15) is 0 Å². The SMILES string of the molecule is CNc1cc2ccccc2c(C)c1-c1ccccc1. The predicted molar refractivity (Wildman–Crippen MR) is 83.7 cm³/mol. The summed E-state index contributed by atoms with van der Waals surface area (Å²) in [5.41, 5.74) is 5.06. The summed E-state index contributed by atoms with van der Waals surface area (Å²) in [7, 11) is 1.98. The highest BCUT2D eigenvalue weighted by molar-refractivity contribution is 5.98. The van der Waals surface area contributed by atoms with Crippen molar-refractivity contribution in [2.45, 2.75) is 6.92 Å². The van der Waals surface area contributed by atoms with Gasteiger partial charge in [0.2, 0.25) is 0 Å². The third kappa shape index (κ3) is 1.97. The van der Waals surface area contributed by atoms with E-state index in [4.69, 9.17) is 0 Å². The van der Waals surface area contributed by atoms with Gasteiger partial charge in [-0.15, -0.1) is 0 Å². The van der Waals surface area contributed by atoms with Gasteiger partial charge in [0.05, 0.1) is 0 Å². The van der Waals surface area contributed by atoms with Crippen LogP contribution < -0.4 is 5.32 Å². The van der Waals surface area contributed by atoms with Crippen LogP contribution in [0, 0.1) is 6.92 Å². The minimum absolute atomic E-state index is 1.18. The zero-order valence-electron chi connectivity index (χ0n) is 11.3. The lowest BCUT2D eigenvalue weighted by Crippen LogP contribution is -1.95. The van der Waals surface area contributed by atoms with Crippen LogP contribution in [-0.2, 0) is 0 Å². The zero-order chi connectivity index (χ0) is 13.2. The molecule has 0 amide bonds. The molecular weight excluding hydrogens is 230 g/mol. The summed E-state index contributed by atoms with van der Waals surface area (Å²) >= 11 is 0. The van der Waals surface area contributed by atoms with Crippen molar-refractivity contribution < 1.29 is 0 Å². The molecule has 0 saturated carbocycles. The lowest BCUT2D eigenvalue weighted by Gasteiger charge is -2.15. The Bertz CT molecular complexity index is 714. The summed E-state index contributed by atoms with van der Waals surface area (Å²) in [6, 6.07) is 21.3. The molecule has 0 aliphatic carbocycles. The van der Waals surface area contributed by atoms with Crippen molar-refractivity contribution in [2.24, 2.45) is 0 Å². The standard InChI is InChI=1S/C18H17N/c1-13-16-11-7-6-10-15(16)12-17(19-2)18(13)14-8-4-3-5-9-14/h3-12,19H,1-2H3. The van der Waals surface area contributed by atoms with E-state index in [2.05, 4.69) is 72.9 Å². The number of fused-ring (bicyclic) bond motifs is 1. The number of hydrogen-bond donors (Lipinski definition) is 1. The normalized spacial score (nSPS) is 10.6. The minimum atomic E-state index is 1.18. The number of aryl methyl sites for hydroxylation is 1. The van der Waals surface area contributed by atoms with Gasteiger partial charge in [-0.3, -0.25) is 0 Å². The fraction of sp³-hybridized carbons (Fsp3) is 0.111. The monoisotopic (exact) mass is 247 g/mol. The fourth-order valence-electron chi connectivity index (χ4n) is 2.70. The Kier molecular flexibility index (Phi) is 2.96. The average Bonchev–Trinajstić information content (AvgIpc) is 2.48. The molecule has 0 aliphatic rings. The summed E-state index contributed by atoms with van der Waals surface area (Å²) in [6.07, 6.45) is 0. The smallest absolute Gasteiger partial charge is 0.0426 e. The quantitative estimate of drug-likeness (QED) is 0.682. The summed E-state index contributed by atoms with van der Waals surface area (Å²) in [5, 5.41) is 5.93. The van der Waals surface area contributed by atoms with Gasteiger partial charge in [-0.05, 0) is 34.9 Å². The molecule has 0 fully saturated rings. The van der Waals surface area contributed by atoms with E-state index >= 15 is 0 Å². The van der Waals surface area contributed by atoms with Crippen molar-refractivity contribution in [1.82, 2.24) is 0 Å². The Labute approximate surface area is 113 Å². The molecule has 0 radical (unpaired) electrons. The molecule has 19 heavy (non-hydrogen) atoms. The van der Waals surface area contributed by atoms with Crippen molar-refractivity contribution in [3.8, 4) is 11.1 Å². The first kappa shape index (κ1) is 11.8. The van der Waals surface area contributed by atoms with Crippen LogP contribution in [0.5, 0.6) is 0 Å². The molecule has 0 spiro atoms. The van der Waals surface area contributed by atoms with Crippen molar-refractivity contribution in [2.75, 3.05) is 12.4 Å². The Morgan fingerprint density at radius 3 is 2.26 bits per heavy atom. The molecule has 0 unspecified atom stereocenters. The van der Waals surface area contributed by atoms with Crippen molar-refractivity contribution in [3.05, 3.63) is 66.2 Å². The third-order valence-electron chi connectivity index (χ3n) is 3.64. The number of anilines is 1. The highest BCUT2D eigenvalue weighted by atomic mass is 14.8. The molecule has 0 aromatic heterocycles. The van der Waals surface area contributed by atoms with E-state index in [0.717, 1.165) is 0 Å². The van der Waals surface area contributed by atoms with Crippen LogP contribution in [0.3, 0.4) is 0 Å². The van der Waals surface area contributed by atoms with Gasteiger partial charge in [0.1, 0.15) is 0 Å². The molecule has 1 N–H and O–H groups in total. The van der Waals surface area contributed by atoms with Crippen LogP contribution in [0.4, 0.5) is 5.69 Å². The van der Waals surface area contributed by atoms with E-state index in [1.807, 2.05) is 7.05 Å². The predicted octanol–water partition coefficient (Wildman–Crippen LogP) is 4.86. The number of benzene rings is 3. The summed E-state index contributed by atoms with van der Waals surface area (Å²) in [4.78, 5) is 0. The van der Waals surface area contributed by atoms with Crippen LogP contribution in [0.25, 0.3) is 21.9 Å². The second-order valence-corrected chi connectivity index (χ2v) is 4.76. The Hall–Kier alpha value is -2.28. The third-order valence-corrected chi connectivity index (χ3v) is 3.64. The van der Waals surface area contributed by atoms with E-state index in [1.165, 1.54) is 33.2 Å². The highest BCUT2D eigenvalue weighted by Gasteiger charge is 2.10. The van der Waals surface area contributed by atoms with Crippen molar-refractivity contribution in [3.63, 3.8) is 0 Å². The molecule has 1 nitrogen and oxygen atoms in total. The summed E-state index contributed by atoms with van der Waals surface area (Å²) in [5.74, 6) is 0. The molecule has 3 rings (SSSR count). The summed E-state index contributed by atoms with van der Waals surface area (Å²) < 4.78 is 0. The molecule has 0 saturated heterocycles. The van der Waals surface area contributed by atoms with Crippen LogP contribution >= 0.6 is 0 Å². The topological polar surface area (TPSA) is 12.0 Å². The van der Waals surface area contributed by atoms with E-state index in [1.54, 1.807) is 0 Å². The van der Waals surface area contributed by atoms with Gasteiger partial charge >= 0.3 is 0 Å². The van der Waals surface area contributed by atoms with Gasteiger partial charge in [-0.2, -0.15) is 0 Å². The Balaban J connectivity index is 2.37. The largest absolute Gasteiger partial charge is 0.388 e. The molecular formula is C18H17N. The minimum Gasteiger partial charge on any atom is -0.388 e. The maximum atomic E-state index is 3.33. The van der Waals surface area contributed by atoms with E-state index in [0.29, 0.717) is 0 Å². The maximum Gasteiger partial charge on any atom is 0.0426 e. The molecule has 0 aliphatic heterocycles. The molecule has 0 heterocycles. The van der Waals surface area contributed by atoms with Crippen LogP contribution in [0.15, 0.2) is 60.7 Å². The average molecular weight is 247 g/mol. The lowest BCUT2D eigenvalue weighted by molar-refractivity contribution is 1.45. The Morgan fingerprint density at radius 2 is 1.53 bits per heavy atom. The van der Waals surface area contributed by atoms with Crippen LogP contribution in [0.2, 0.25) is 0 Å². The maximum absolute atomic E-state index is 3.33. The molecule has 94 valence electrons. The van der Waals surface area contributed by atoms with Crippen molar-refractivity contribution >= 4 is 16.5 Å². The van der Waals surface area contributed by atoms with E-state index in [-0.39, 0.29) is 0 Å². The van der Waals surface area contributed by atoms with Gasteiger partial charge in [-0.1, -0.05) is 54.6 Å². The molecule has 0 bridgehead atoms. The molecule has 1 heteroatoms. The van der Waals surface area contributed by atoms with Gasteiger partial charge < -0.3 is 5.32 Å². The van der Waals surface area contributed by atoms with Crippen LogP contribution in [-0.4, -0.2) is 7.05 Å². The zero-order valence-corrected chi connectivity index (χ0v) is 11.3. The molecule has 3 aromatic rings. The first-order chi connectivity index (χ1) is 9.31. The Morgan fingerprint density at radius 1 is 0.842 bits per heavy atom. The number of rotatable bonds is 2. The first-order valence-electron chi connectivity index (χ1n) is 6.57. The first-order valence-corrected chi connectivity index (χ1v) is 6.57. The fourth-order valence-corrected chi connectivity index (χ4v) is 2.70. The second-order valence-electron chi connectivity index (χ2n) is 4.76. The summed E-state index contributed by atoms with van der Waals surface area (Å²) in [6.45, 7) is 2.20. The molecule has 3 aromatic carbocycles.